The van der Waals surface area contributed by atoms with Gasteiger partial charge in [0, 0.05) is 6.42 Å². The average molecular weight is 256 g/mol. The first kappa shape index (κ1) is 16.8. The number of carboxylic acid groups (broad SMARTS) is 1. The van der Waals surface area contributed by atoms with Gasteiger partial charge in [-0.2, -0.15) is 0 Å². The third kappa shape index (κ3) is 15.8. The van der Waals surface area contributed by atoms with Crippen LogP contribution in [0.4, 0.5) is 0 Å². The van der Waals surface area contributed by atoms with E-state index in [0.717, 1.165) is 6.42 Å². The van der Waals surface area contributed by atoms with Crippen LogP contribution in [0.5, 0.6) is 0 Å². The van der Waals surface area contributed by atoms with Crippen molar-refractivity contribution in [1.29, 1.82) is 0 Å². The van der Waals surface area contributed by atoms with E-state index in [2.05, 4.69) is 36.7 Å². The molecular weight excluding hydrogens is 236 g/mol. The molecule has 0 aliphatic rings. The number of unbranched alkanes of at least 4 members (excludes halogenated alkanes) is 2. The van der Waals surface area contributed by atoms with Crippen LogP contribution in [0.15, 0.2) is 36.5 Å². The lowest BCUT2D eigenvalue weighted by Gasteiger charge is -1.84. The Morgan fingerprint density at radius 2 is 1.79 bits per heavy atom. The van der Waals surface area contributed by atoms with Crippen LogP contribution in [0.3, 0.4) is 0 Å². The lowest BCUT2D eigenvalue weighted by Crippen LogP contribution is -1.91. The van der Waals surface area contributed by atoms with E-state index in [9.17, 15) is 4.79 Å². The summed E-state index contributed by atoms with van der Waals surface area (Å²) in [6, 6.07) is 0. The van der Waals surface area contributed by atoms with E-state index >= 15 is 0 Å². The van der Waals surface area contributed by atoms with Crippen molar-refractivity contribution in [2.75, 3.05) is 0 Å². The number of allylic oxidation sites excluding steroid dienone is 6. The number of hydrogen-bond acceptors (Lipinski definition) is 1. The van der Waals surface area contributed by atoms with Gasteiger partial charge in [0.05, 0.1) is 0 Å². The molecule has 0 unspecified atom stereocenters. The standard InChI is InChI=1S/C17H20O2/c1-2-3-4-5-6-7-8-9-10-11-12-13-14-15-16-17(18)19/h5-8,13-14H,2-4,15-16H2,1H3,(H,18,19)/b6-5+,8-7?,14-13?. The molecule has 0 atom stereocenters. The maximum Gasteiger partial charge on any atom is 0.303 e. The summed E-state index contributed by atoms with van der Waals surface area (Å²) in [5, 5.41) is 8.40. The third-order valence-corrected chi connectivity index (χ3v) is 2.08. The van der Waals surface area contributed by atoms with Gasteiger partial charge >= 0.3 is 5.97 Å². The Labute approximate surface area is 115 Å². The van der Waals surface area contributed by atoms with Crippen molar-refractivity contribution >= 4 is 5.97 Å². The van der Waals surface area contributed by atoms with Gasteiger partial charge in [-0.3, -0.25) is 4.79 Å². The normalized spacial score (nSPS) is 10.4. The second-order valence-electron chi connectivity index (χ2n) is 3.80. The van der Waals surface area contributed by atoms with Gasteiger partial charge in [-0.1, -0.05) is 55.9 Å². The first-order valence-electron chi connectivity index (χ1n) is 6.47. The average Bonchev–Trinajstić information content (AvgIpc) is 2.39. The fourth-order valence-electron chi connectivity index (χ4n) is 1.11. The molecule has 0 rings (SSSR count). The number of hydrogen-bond donors (Lipinski definition) is 1. The van der Waals surface area contributed by atoms with Crippen molar-refractivity contribution in [2.24, 2.45) is 0 Å². The van der Waals surface area contributed by atoms with Crippen molar-refractivity contribution in [3.8, 4) is 23.7 Å². The summed E-state index contributed by atoms with van der Waals surface area (Å²) >= 11 is 0. The zero-order valence-corrected chi connectivity index (χ0v) is 11.4. The smallest absolute Gasteiger partial charge is 0.303 e. The van der Waals surface area contributed by atoms with E-state index in [1.165, 1.54) is 12.8 Å². The fourth-order valence-corrected chi connectivity index (χ4v) is 1.11. The molecule has 2 nitrogen and oxygen atoms in total. The Morgan fingerprint density at radius 1 is 1.05 bits per heavy atom. The molecule has 0 bridgehead atoms. The topological polar surface area (TPSA) is 37.3 Å². The SMILES string of the molecule is CCCC/C=C/C=CC#CC#CC=CCCC(=O)O. The summed E-state index contributed by atoms with van der Waals surface area (Å²) in [6.45, 7) is 2.17. The number of aliphatic carboxylic acids is 1. The molecule has 0 aromatic rings. The quantitative estimate of drug-likeness (QED) is 0.428. The second kappa shape index (κ2) is 13.9. The molecule has 2 heteroatoms. The van der Waals surface area contributed by atoms with Crippen LogP contribution in [0.1, 0.15) is 39.0 Å². The van der Waals surface area contributed by atoms with E-state index in [4.69, 9.17) is 5.11 Å². The van der Waals surface area contributed by atoms with Gasteiger partial charge in [0.1, 0.15) is 0 Å². The van der Waals surface area contributed by atoms with E-state index in [-0.39, 0.29) is 6.42 Å². The Kier molecular flexibility index (Phi) is 12.3. The van der Waals surface area contributed by atoms with Crippen molar-refractivity contribution in [3.05, 3.63) is 36.5 Å². The molecule has 0 fully saturated rings. The number of carbonyl (C=O) groups is 1. The van der Waals surface area contributed by atoms with Gasteiger partial charge in [-0.25, -0.2) is 0 Å². The molecule has 0 aliphatic heterocycles. The van der Waals surface area contributed by atoms with E-state index < -0.39 is 5.97 Å². The van der Waals surface area contributed by atoms with Crippen LogP contribution in [-0.4, -0.2) is 11.1 Å². The zero-order chi connectivity index (χ0) is 14.2. The minimum Gasteiger partial charge on any atom is -0.481 e. The number of rotatable bonds is 7. The van der Waals surface area contributed by atoms with Gasteiger partial charge in [-0.15, -0.1) is 0 Å². The maximum absolute atomic E-state index is 10.2. The van der Waals surface area contributed by atoms with Crippen LogP contribution in [0.2, 0.25) is 0 Å². The predicted octanol–water partition coefficient (Wildman–Crippen LogP) is 3.72. The highest BCUT2D eigenvalue weighted by molar-refractivity contribution is 5.66. The number of carboxylic acids is 1. The molecule has 0 aromatic carbocycles. The summed E-state index contributed by atoms with van der Waals surface area (Å²) in [5.41, 5.74) is 0. The van der Waals surface area contributed by atoms with Gasteiger partial charge in [0.2, 0.25) is 0 Å². The van der Waals surface area contributed by atoms with E-state index in [0.29, 0.717) is 6.42 Å². The van der Waals surface area contributed by atoms with Gasteiger partial charge < -0.3 is 5.11 Å². The molecule has 1 N–H and O–H groups in total. The van der Waals surface area contributed by atoms with Crippen LogP contribution in [-0.2, 0) is 4.79 Å². The highest BCUT2D eigenvalue weighted by atomic mass is 16.4. The molecule has 0 spiro atoms. The highest BCUT2D eigenvalue weighted by Gasteiger charge is 1.90. The van der Waals surface area contributed by atoms with Gasteiger partial charge in [0.15, 0.2) is 0 Å². The third-order valence-electron chi connectivity index (χ3n) is 2.08. The highest BCUT2D eigenvalue weighted by Crippen LogP contribution is 1.94. The van der Waals surface area contributed by atoms with E-state index in [1.807, 2.05) is 12.2 Å². The summed E-state index contributed by atoms with van der Waals surface area (Å²) in [6.07, 6.45) is 15.3. The minimum atomic E-state index is -0.797. The lowest BCUT2D eigenvalue weighted by molar-refractivity contribution is -0.136. The van der Waals surface area contributed by atoms with Crippen molar-refractivity contribution in [2.45, 2.75) is 39.0 Å². The molecule has 0 saturated carbocycles. The van der Waals surface area contributed by atoms with Crippen LogP contribution < -0.4 is 0 Å². The van der Waals surface area contributed by atoms with Crippen molar-refractivity contribution in [1.82, 2.24) is 0 Å². The predicted molar refractivity (Wildman–Crippen MR) is 79.4 cm³/mol. The van der Waals surface area contributed by atoms with Gasteiger partial charge in [-0.05, 0) is 36.8 Å². The Hall–Kier alpha value is -2.19. The first-order valence-corrected chi connectivity index (χ1v) is 6.47. The summed E-state index contributed by atoms with van der Waals surface area (Å²) in [7, 11) is 0. The Morgan fingerprint density at radius 3 is 2.47 bits per heavy atom. The lowest BCUT2D eigenvalue weighted by atomic mass is 10.2. The Balaban J connectivity index is 3.77. The molecule has 0 heterocycles. The Bertz CT molecular complexity index is 445. The molecular formula is C17H20O2. The van der Waals surface area contributed by atoms with Gasteiger partial charge in [0.25, 0.3) is 0 Å². The van der Waals surface area contributed by atoms with Crippen molar-refractivity contribution < 1.29 is 9.90 Å². The molecule has 19 heavy (non-hydrogen) atoms. The largest absolute Gasteiger partial charge is 0.481 e. The molecule has 0 radical (unpaired) electrons. The fraction of sp³-hybridized carbons (Fsp3) is 0.353. The van der Waals surface area contributed by atoms with E-state index in [1.54, 1.807) is 18.2 Å². The molecule has 0 aliphatic carbocycles. The summed E-state index contributed by atoms with van der Waals surface area (Å²) < 4.78 is 0. The van der Waals surface area contributed by atoms with Crippen LogP contribution in [0.25, 0.3) is 0 Å². The van der Waals surface area contributed by atoms with Crippen molar-refractivity contribution in [3.63, 3.8) is 0 Å². The van der Waals surface area contributed by atoms with Crippen LogP contribution >= 0.6 is 0 Å². The monoisotopic (exact) mass is 256 g/mol. The first-order chi connectivity index (χ1) is 9.27. The minimum absolute atomic E-state index is 0.136. The molecule has 0 aromatic heterocycles. The molecule has 0 amide bonds. The molecule has 0 saturated heterocycles. The second-order valence-corrected chi connectivity index (χ2v) is 3.80. The zero-order valence-electron chi connectivity index (χ0n) is 11.4. The van der Waals surface area contributed by atoms with Crippen LogP contribution in [0, 0.1) is 23.7 Å². The molecule has 100 valence electrons. The summed E-state index contributed by atoms with van der Waals surface area (Å²) in [5.74, 6) is 10.1. The maximum atomic E-state index is 10.2. The summed E-state index contributed by atoms with van der Waals surface area (Å²) in [4.78, 5) is 10.2.